The van der Waals surface area contributed by atoms with Gasteiger partial charge in [0.1, 0.15) is 17.6 Å². The number of nitrogens with one attached hydrogen (secondary N) is 1. The summed E-state index contributed by atoms with van der Waals surface area (Å²) in [6.45, 7) is -2.97. The summed E-state index contributed by atoms with van der Waals surface area (Å²) < 4.78 is 37.0. The smallest absolute Gasteiger partial charge is 0.387 e. The first-order valence-corrected chi connectivity index (χ1v) is 9.84. The normalized spacial score (nSPS) is 14.3. The number of hydrogen-bond acceptors (Lipinski definition) is 3. The Morgan fingerprint density at radius 2 is 1.90 bits per heavy atom. The number of carbonyl (C=O) groups is 1. The van der Waals surface area contributed by atoms with Crippen molar-refractivity contribution in [1.29, 1.82) is 0 Å². The van der Waals surface area contributed by atoms with Crippen LogP contribution in [0.3, 0.4) is 0 Å². The maximum absolute atomic E-state index is 13.0. The summed E-state index contributed by atoms with van der Waals surface area (Å²) in [5.74, 6) is 0.434. The van der Waals surface area contributed by atoms with Gasteiger partial charge in [0.25, 0.3) is 0 Å². The number of ether oxygens (including phenoxy) is 2. The largest absolute Gasteiger partial charge is 0.480 e. The van der Waals surface area contributed by atoms with Crippen molar-refractivity contribution in [3.05, 3.63) is 76.8 Å². The first-order chi connectivity index (χ1) is 14.8. The van der Waals surface area contributed by atoms with Gasteiger partial charge in [0.15, 0.2) is 0 Å². The van der Waals surface area contributed by atoms with Crippen molar-refractivity contribution >= 4 is 23.3 Å². The summed E-state index contributed by atoms with van der Waals surface area (Å²) in [7, 11) is 3.27. The number of urea groups is 1. The van der Waals surface area contributed by atoms with Gasteiger partial charge in [-0.15, -0.1) is 0 Å². The fourth-order valence-electron chi connectivity index (χ4n) is 3.50. The van der Waals surface area contributed by atoms with Crippen LogP contribution in [0.5, 0.6) is 11.5 Å². The number of amides is 2. The molecule has 1 atom stereocenters. The molecule has 0 saturated heterocycles. The molecule has 1 N–H and O–H groups in total. The number of benzene rings is 3. The molecule has 0 fully saturated rings. The zero-order chi connectivity index (χ0) is 22.1. The summed E-state index contributed by atoms with van der Waals surface area (Å²) in [4.78, 5) is 13.5. The minimum atomic E-state index is -2.97. The second-order valence-corrected chi connectivity index (χ2v) is 7.62. The van der Waals surface area contributed by atoms with E-state index in [0.717, 1.165) is 5.56 Å². The fraction of sp³-hybridized carbons (Fsp3) is 0.174. The summed E-state index contributed by atoms with van der Waals surface area (Å²) in [6, 6.07) is 16.9. The molecule has 5 nitrogen and oxygen atoms in total. The summed E-state index contributed by atoms with van der Waals surface area (Å²) >= 11 is 6.19. The van der Waals surface area contributed by atoms with Crippen molar-refractivity contribution in [1.82, 2.24) is 4.90 Å². The van der Waals surface area contributed by atoms with E-state index in [9.17, 15) is 13.6 Å². The Morgan fingerprint density at radius 1 is 1.13 bits per heavy atom. The van der Waals surface area contributed by atoms with Gasteiger partial charge in [0.05, 0.1) is 5.56 Å². The van der Waals surface area contributed by atoms with Gasteiger partial charge in [-0.25, -0.2) is 4.79 Å². The molecule has 160 valence electrons. The van der Waals surface area contributed by atoms with E-state index in [1.807, 2.05) is 12.1 Å². The van der Waals surface area contributed by atoms with E-state index in [4.69, 9.17) is 21.1 Å². The van der Waals surface area contributed by atoms with Gasteiger partial charge in [0, 0.05) is 30.4 Å². The van der Waals surface area contributed by atoms with Gasteiger partial charge >= 0.3 is 12.6 Å². The standard InChI is InChI=1S/C23H19ClF2N2O3/c1-28(2)23(29)27-15-9-10-16-17(12-15)21(13-5-3-6-14(24)11-13)30-18-7-4-8-19(20(16)18)31-22(25)26/h3-12,21-22H,1-2H3,(H,27,29). The number of alkyl halides is 2. The van der Waals surface area contributed by atoms with Gasteiger partial charge in [0.2, 0.25) is 0 Å². The van der Waals surface area contributed by atoms with Crippen LogP contribution in [0, 0.1) is 0 Å². The lowest BCUT2D eigenvalue weighted by atomic mass is 9.88. The molecule has 0 aliphatic carbocycles. The van der Waals surface area contributed by atoms with Crippen molar-refractivity contribution in [2.24, 2.45) is 0 Å². The number of hydrogen-bond donors (Lipinski definition) is 1. The molecule has 1 heterocycles. The van der Waals surface area contributed by atoms with E-state index in [2.05, 4.69) is 5.32 Å². The molecule has 2 amide bonds. The number of anilines is 1. The highest BCUT2D eigenvalue weighted by molar-refractivity contribution is 6.30. The number of nitrogens with zero attached hydrogens (tertiary/aromatic N) is 1. The Kier molecular flexibility index (Phi) is 5.69. The molecule has 31 heavy (non-hydrogen) atoms. The average molecular weight is 445 g/mol. The first kappa shape index (κ1) is 20.9. The lowest BCUT2D eigenvalue weighted by Gasteiger charge is -2.31. The average Bonchev–Trinajstić information content (AvgIpc) is 2.72. The Labute approximate surface area is 183 Å². The van der Waals surface area contributed by atoms with Crippen LogP contribution in [0.2, 0.25) is 5.02 Å². The highest BCUT2D eigenvalue weighted by atomic mass is 35.5. The number of rotatable bonds is 4. The van der Waals surface area contributed by atoms with Crippen LogP contribution in [-0.4, -0.2) is 31.6 Å². The Balaban J connectivity index is 1.87. The molecule has 1 aliphatic rings. The zero-order valence-corrected chi connectivity index (χ0v) is 17.5. The summed E-state index contributed by atoms with van der Waals surface area (Å²) in [6.07, 6.45) is -0.556. The third kappa shape index (κ3) is 4.27. The van der Waals surface area contributed by atoms with E-state index < -0.39 is 12.7 Å². The first-order valence-electron chi connectivity index (χ1n) is 9.46. The van der Waals surface area contributed by atoms with Gasteiger partial charge in [-0.1, -0.05) is 35.9 Å². The summed E-state index contributed by atoms with van der Waals surface area (Å²) in [5, 5.41) is 3.34. The predicted molar refractivity (Wildman–Crippen MR) is 115 cm³/mol. The molecule has 0 aromatic heterocycles. The second kappa shape index (κ2) is 8.43. The fourth-order valence-corrected chi connectivity index (χ4v) is 3.70. The van der Waals surface area contributed by atoms with Crippen LogP contribution in [0.4, 0.5) is 19.3 Å². The molecule has 3 aromatic carbocycles. The Bertz CT molecular complexity index is 1140. The monoisotopic (exact) mass is 444 g/mol. The lowest BCUT2D eigenvalue weighted by Crippen LogP contribution is -2.27. The van der Waals surface area contributed by atoms with E-state index in [-0.39, 0.29) is 11.8 Å². The van der Waals surface area contributed by atoms with Crippen LogP contribution < -0.4 is 14.8 Å². The molecular weight excluding hydrogens is 426 g/mol. The van der Waals surface area contributed by atoms with Crippen LogP contribution in [0.1, 0.15) is 17.2 Å². The molecule has 4 rings (SSSR count). The number of halogens is 3. The molecule has 0 saturated carbocycles. The highest BCUT2D eigenvalue weighted by Gasteiger charge is 2.31. The van der Waals surface area contributed by atoms with E-state index in [1.54, 1.807) is 56.6 Å². The van der Waals surface area contributed by atoms with Crippen molar-refractivity contribution in [2.75, 3.05) is 19.4 Å². The van der Waals surface area contributed by atoms with E-state index >= 15 is 0 Å². The molecule has 0 bridgehead atoms. The van der Waals surface area contributed by atoms with Crippen LogP contribution in [0.15, 0.2) is 60.7 Å². The van der Waals surface area contributed by atoms with Crippen LogP contribution >= 0.6 is 11.6 Å². The summed E-state index contributed by atoms with van der Waals surface area (Å²) in [5.41, 5.74) is 3.13. The maximum Gasteiger partial charge on any atom is 0.387 e. The topological polar surface area (TPSA) is 50.8 Å². The minimum Gasteiger partial charge on any atom is -0.480 e. The molecule has 3 aromatic rings. The highest BCUT2D eigenvalue weighted by Crippen LogP contribution is 2.49. The minimum absolute atomic E-state index is 0.0170. The van der Waals surface area contributed by atoms with Gasteiger partial charge in [-0.2, -0.15) is 8.78 Å². The van der Waals surface area contributed by atoms with Crippen molar-refractivity contribution in [2.45, 2.75) is 12.7 Å². The Hall–Kier alpha value is -3.32. The van der Waals surface area contributed by atoms with E-state index in [1.165, 1.54) is 11.0 Å². The second-order valence-electron chi connectivity index (χ2n) is 7.19. The molecule has 0 spiro atoms. The van der Waals surface area contributed by atoms with Crippen LogP contribution in [-0.2, 0) is 0 Å². The van der Waals surface area contributed by atoms with Crippen molar-refractivity contribution in [3.8, 4) is 22.6 Å². The lowest BCUT2D eigenvalue weighted by molar-refractivity contribution is -0.0496. The number of carbonyl (C=O) groups excluding carboxylic acids is 1. The van der Waals surface area contributed by atoms with Crippen molar-refractivity contribution < 1.29 is 23.0 Å². The third-order valence-electron chi connectivity index (χ3n) is 4.86. The zero-order valence-electron chi connectivity index (χ0n) is 16.7. The van der Waals surface area contributed by atoms with E-state index in [0.29, 0.717) is 33.1 Å². The SMILES string of the molecule is CN(C)C(=O)Nc1ccc2c(c1)C(c1cccc(Cl)c1)Oc1cccc(OC(F)F)c1-2. The Morgan fingerprint density at radius 3 is 2.61 bits per heavy atom. The molecule has 0 radical (unpaired) electrons. The molecule has 1 aliphatic heterocycles. The third-order valence-corrected chi connectivity index (χ3v) is 5.10. The van der Waals surface area contributed by atoms with Gasteiger partial charge in [-0.05, 0) is 47.5 Å². The quantitative estimate of drug-likeness (QED) is 0.522. The molecule has 1 unspecified atom stereocenters. The number of fused-ring (bicyclic) bond motifs is 3. The molecular formula is C23H19ClF2N2O3. The van der Waals surface area contributed by atoms with Gasteiger partial charge < -0.3 is 19.7 Å². The van der Waals surface area contributed by atoms with Crippen LogP contribution in [0.25, 0.3) is 11.1 Å². The van der Waals surface area contributed by atoms with Crippen molar-refractivity contribution in [3.63, 3.8) is 0 Å². The maximum atomic E-state index is 13.0. The predicted octanol–water partition coefficient (Wildman–Crippen LogP) is 6.18. The molecule has 8 heteroatoms. The van der Waals surface area contributed by atoms with Gasteiger partial charge in [-0.3, -0.25) is 0 Å².